The average Bonchev–Trinajstić information content (AvgIpc) is 3.12. The Morgan fingerprint density at radius 2 is 2.28 bits per heavy atom. The van der Waals surface area contributed by atoms with Gasteiger partial charge in [0.2, 0.25) is 5.91 Å². The van der Waals surface area contributed by atoms with Crippen LogP contribution in [0.4, 0.5) is 0 Å². The molecule has 4 heterocycles. The highest BCUT2D eigenvalue weighted by Gasteiger charge is 2.54. The Bertz CT molecular complexity index is 1010. The summed E-state index contributed by atoms with van der Waals surface area (Å²) in [6, 6.07) is 3.53. The molecule has 2 aromatic rings. The molecule has 2 fully saturated rings. The van der Waals surface area contributed by atoms with E-state index < -0.39 is 11.4 Å². The fourth-order valence-electron chi connectivity index (χ4n) is 4.21. The summed E-state index contributed by atoms with van der Waals surface area (Å²) in [4.78, 5) is 50.1. The number of H-pyrrole nitrogens is 1. The summed E-state index contributed by atoms with van der Waals surface area (Å²) in [7, 11) is 0. The molecule has 2 aliphatic heterocycles. The molecule has 0 spiro atoms. The van der Waals surface area contributed by atoms with Crippen LogP contribution in [-0.2, 0) is 20.7 Å². The standard InChI is InChI=1S/C20H22N4O5/c1-12-15(18(26)23-17(22-12)13-3-2-5-21-8-13)7-16(25)24-9-14-10-29-6-4-20(14,11-24)19(27)28/h2-3,5,8,14H,4,6-7,9-11H2,1H3,(H,27,28)(H,22,23,26)/t14-,20+/m0/s1. The second kappa shape index (κ2) is 7.40. The Morgan fingerprint density at radius 3 is 2.93 bits per heavy atom. The highest BCUT2D eigenvalue weighted by molar-refractivity contribution is 5.82. The van der Waals surface area contributed by atoms with Crippen molar-refractivity contribution in [3.63, 3.8) is 0 Å². The number of nitrogens with zero attached hydrogens (tertiary/aromatic N) is 3. The van der Waals surface area contributed by atoms with E-state index in [4.69, 9.17) is 4.74 Å². The van der Waals surface area contributed by atoms with Gasteiger partial charge in [-0.25, -0.2) is 4.98 Å². The van der Waals surface area contributed by atoms with Crippen LogP contribution >= 0.6 is 0 Å². The zero-order valence-electron chi connectivity index (χ0n) is 16.1. The second-order valence-electron chi connectivity index (χ2n) is 7.65. The maximum Gasteiger partial charge on any atom is 0.311 e. The van der Waals surface area contributed by atoms with Crippen LogP contribution in [0.15, 0.2) is 29.3 Å². The summed E-state index contributed by atoms with van der Waals surface area (Å²) in [5, 5.41) is 9.75. The van der Waals surface area contributed by atoms with Gasteiger partial charge in [0.05, 0.1) is 18.4 Å². The van der Waals surface area contributed by atoms with Gasteiger partial charge in [-0.1, -0.05) is 0 Å². The van der Waals surface area contributed by atoms with E-state index in [9.17, 15) is 19.5 Å². The van der Waals surface area contributed by atoms with E-state index in [-0.39, 0.29) is 35.9 Å². The largest absolute Gasteiger partial charge is 0.481 e. The normalized spacial score (nSPS) is 23.6. The SMILES string of the molecule is Cc1nc(-c2cccnc2)[nH]c(=O)c1CC(=O)N1C[C@H]2COCC[C@@]2(C(=O)O)C1. The van der Waals surface area contributed by atoms with Crippen LogP contribution in [-0.4, -0.2) is 63.1 Å². The Balaban J connectivity index is 1.55. The smallest absolute Gasteiger partial charge is 0.311 e. The number of hydrogen-bond donors (Lipinski definition) is 2. The lowest BCUT2D eigenvalue weighted by molar-refractivity contribution is -0.157. The van der Waals surface area contributed by atoms with Gasteiger partial charge in [-0.2, -0.15) is 0 Å². The number of carbonyl (C=O) groups excluding carboxylic acids is 1. The van der Waals surface area contributed by atoms with Crippen molar-refractivity contribution in [2.24, 2.45) is 11.3 Å². The van der Waals surface area contributed by atoms with Crippen molar-refractivity contribution < 1.29 is 19.4 Å². The molecular weight excluding hydrogens is 376 g/mol. The fourth-order valence-corrected chi connectivity index (χ4v) is 4.21. The molecule has 4 rings (SSSR count). The number of rotatable bonds is 4. The average molecular weight is 398 g/mol. The minimum Gasteiger partial charge on any atom is -0.481 e. The number of likely N-dealkylation sites (tertiary alicyclic amines) is 1. The van der Waals surface area contributed by atoms with Crippen LogP contribution in [0.2, 0.25) is 0 Å². The number of carbonyl (C=O) groups is 2. The summed E-state index contributed by atoms with van der Waals surface area (Å²) in [5.41, 5.74) is 0.0970. The summed E-state index contributed by atoms with van der Waals surface area (Å²) >= 11 is 0. The highest BCUT2D eigenvalue weighted by Crippen LogP contribution is 2.42. The third-order valence-corrected chi connectivity index (χ3v) is 5.97. The zero-order valence-corrected chi connectivity index (χ0v) is 16.1. The number of aromatic amines is 1. The van der Waals surface area contributed by atoms with Crippen LogP contribution < -0.4 is 5.56 Å². The summed E-state index contributed by atoms with van der Waals surface area (Å²) < 4.78 is 5.43. The highest BCUT2D eigenvalue weighted by atomic mass is 16.5. The van der Waals surface area contributed by atoms with E-state index in [1.807, 2.05) is 0 Å². The van der Waals surface area contributed by atoms with Crippen molar-refractivity contribution in [1.29, 1.82) is 0 Å². The molecule has 2 saturated heterocycles. The van der Waals surface area contributed by atoms with Gasteiger partial charge < -0.3 is 19.7 Å². The van der Waals surface area contributed by atoms with Gasteiger partial charge >= 0.3 is 5.97 Å². The Kier molecular flexibility index (Phi) is 4.91. The Hall–Kier alpha value is -3.07. The zero-order chi connectivity index (χ0) is 20.6. The monoisotopic (exact) mass is 398 g/mol. The third-order valence-electron chi connectivity index (χ3n) is 5.97. The van der Waals surface area contributed by atoms with Crippen molar-refractivity contribution in [3.05, 3.63) is 46.1 Å². The molecule has 2 N–H and O–H groups in total. The molecule has 9 nitrogen and oxygen atoms in total. The van der Waals surface area contributed by atoms with Gasteiger partial charge in [0, 0.05) is 54.8 Å². The van der Waals surface area contributed by atoms with E-state index in [0.29, 0.717) is 43.3 Å². The van der Waals surface area contributed by atoms with Crippen molar-refractivity contribution in [3.8, 4) is 11.4 Å². The maximum absolute atomic E-state index is 12.9. The van der Waals surface area contributed by atoms with Crippen molar-refractivity contribution >= 4 is 11.9 Å². The third kappa shape index (κ3) is 3.42. The van der Waals surface area contributed by atoms with Crippen molar-refractivity contribution in [1.82, 2.24) is 19.9 Å². The van der Waals surface area contributed by atoms with Crippen LogP contribution in [0.1, 0.15) is 17.7 Å². The number of nitrogens with one attached hydrogen (secondary N) is 1. The number of aryl methyl sites for hydroxylation is 1. The first kappa shape index (κ1) is 19.3. The predicted octanol–water partition coefficient (Wildman–Crippen LogP) is 0.633. The number of pyridine rings is 1. The molecule has 0 aromatic carbocycles. The molecule has 2 aliphatic rings. The molecule has 152 valence electrons. The fraction of sp³-hybridized carbons (Fsp3) is 0.450. The molecular formula is C20H22N4O5. The van der Waals surface area contributed by atoms with Gasteiger partial charge in [-0.15, -0.1) is 0 Å². The number of fused-ring (bicyclic) bond motifs is 1. The maximum atomic E-state index is 12.9. The number of aliphatic carboxylic acids is 1. The summed E-state index contributed by atoms with van der Waals surface area (Å²) in [6.07, 6.45) is 3.49. The van der Waals surface area contributed by atoms with Crippen LogP contribution in [0.3, 0.4) is 0 Å². The van der Waals surface area contributed by atoms with Crippen LogP contribution in [0.25, 0.3) is 11.4 Å². The molecule has 29 heavy (non-hydrogen) atoms. The molecule has 0 bridgehead atoms. The molecule has 1 amide bonds. The summed E-state index contributed by atoms with van der Waals surface area (Å²) in [6.45, 7) is 2.87. The Morgan fingerprint density at radius 1 is 1.45 bits per heavy atom. The number of hydrogen-bond acceptors (Lipinski definition) is 6. The van der Waals surface area contributed by atoms with Gasteiger partial charge in [-0.3, -0.25) is 19.4 Å². The lowest BCUT2D eigenvalue weighted by atomic mass is 9.74. The lowest BCUT2D eigenvalue weighted by Crippen LogP contribution is -2.45. The van der Waals surface area contributed by atoms with E-state index in [2.05, 4.69) is 15.0 Å². The van der Waals surface area contributed by atoms with Crippen molar-refractivity contribution in [2.45, 2.75) is 19.8 Å². The Labute approximate surface area is 166 Å². The van der Waals surface area contributed by atoms with Gasteiger partial charge in [0.1, 0.15) is 5.82 Å². The van der Waals surface area contributed by atoms with E-state index >= 15 is 0 Å². The molecule has 0 saturated carbocycles. The first-order valence-corrected chi connectivity index (χ1v) is 9.50. The number of carboxylic acids is 1. The number of carboxylic acid groups (broad SMARTS) is 1. The molecule has 0 unspecified atom stereocenters. The number of aromatic nitrogens is 3. The second-order valence-corrected chi connectivity index (χ2v) is 7.65. The minimum atomic E-state index is -0.961. The lowest BCUT2D eigenvalue weighted by Gasteiger charge is -2.33. The molecule has 0 aliphatic carbocycles. The molecule has 9 heteroatoms. The number of amides is 1. The first-order chi connectivity index (χ1) is 13.9. The predicted molar refractivity (Wildman–Crippen MR) is 102 cm³/mol. The molecule has 0 radical (unpaired) electrons. The van der Waals surface area contributed by atoms with Gasteiger partial charge in [0.25, 0.3) is 5.56 Å². The van der Waals surface area contributed by atoms with E-state index in [1.54, 1.807) is 36.4 Å². The quantitative estimate of drug-likeness (QED) is 0.774. The van der Waals surface area contributed by atoms with Crippen LogP contribution in [0, 0.1) is 18.3 Å². The van der Waals surface area contributed by atoms with Gasteiger partial charge in [-0.05, 0) is 25.5 Å². The molecule has 2 atom stereocenters. The first-order valence-electron chi connectivity index (χ1n) is 9.50. The molecule has 2 aromatic heterocycles. The van der Waals surface area contributed by atoms with Crippen LogP contribution in [0.5, 0.6) is 0 Å². The number of ether oxygens (including phenoxy) is 1. The van der Waals surface area contributed by atoms with Gasteiger partial charge in [0.15, 0.2) is 0 Å². The van der Waals surface area contributed by atoms with E-state index in [1.165, 1.54) is 0 Å². The minimum absolute atomic E-state index is 0.120. The topological polar surface area (TPSA) is 125 Å². The van der Waals surface area contributed by atoms with Crippen molar-refractivity contribution in [2.75, 3.05) is 26.3 Å². The van der Waals surface area contributed by atoms with E-state index in [0.717, 1.165) is 0 Å². The summed E-state index contributed by atoms with van der Waals surface area (Å²) in [5.74, 6) is -1.00.